The highest BCUT2D eigenvalue weighted by atomic mass is 16.6. The van der Waals surface area contributed by atoms with Gasteiger partial charge in [0.2, 0.25) is 0 Å². The number of ether oxygens (including phenoxy) is 1. The van der Waals surface area contributed by atoms with Crippen molar-refractivity contribution in [3.8, 4) is 0 Å². The molecule has 5 atom stereocenters. The van der Waals surface area contributed by atoms with Gasteiger partial charge in [0.05, 0.1) is 5.60 Å². The Morgan fingerprint density at radius 1 is 1.42 bits per heavy atom. The van der Waals surface area contributed by atoms with E-state index in [0.717, 1.165) is 31.3 Å². The van der Waals surface area contributed by atoms with E-state index in [0.29, 0.717) is 6.42 Å². The molecule has 2 N–H and O–H groups in total. The first-order valence-corrected chi connectivity index (χ1v) is 9.81. The number of rotatable bonds is 5. The first-order valence-electron chi connectivity index (χ1n) is 9.81. The molecule has 148 valence electrons. The molecule has 0 aromatic heterocycles. The molecule has 0 saturated carbocycles. The molecule has 4 nitrogen and oxygen atoms in total. The summed E-state index contributed by atoms with van der Waals surface area (Å²) in [5.41, 5.74) is 1.07. The molecule has 0 saturated heterocycles. The standard InChI is InChI=1S/C22H36O4/c1-8-21(6,25)12-13-22(7)14(2)19(26-15(3)23)18(24)17-16(22)10-9-11-20(17,4)5/h8,14,18-19,24-25H,1,9-13H2,2-7H3/t14-,18+,19-,21+,22-/m1/s1. The van der Waals surface area contributed by atoms with E-state index in [2.05, 4.69) is 34.3 Å². The molecule has 26 heavy (non-hydrogen) atoms. The largest absolute Gasteiger partial charge is 0.459 e. The topological polar surface area (TPSA) is 66.8 Å². The SMILES string of the molecule is C=C[C@](C)(O)CC[C@@]1(C)C2=C([C@H](O)[C@H](OC(C)=O)[C@H]1C)C(C)(C)CCC2. The Morgan fingerprint density at radius 2 is 2.04 bits per heavy atom. The molecule has 2 aliphatic rings. The smallest absolute Gasteiger partial charge is 0.303 e. The Labute approximate surface area is 158 Å². The quantitative estimate of drug-likeness (QED) is 0.568. The molecule has 0 radical (unpaired) electrons. The van der Waals surface area contributed by atoms with E-state index in [1.807, 2.05) is 0 Å². The Bertz CT molecular complexity index is 601. The van der Waals surface area contributed by atoms with Crippen LogP contribution in [0.4, 0.5) is 0 Å². The molecule has 2 aliphatic carbocycles. The maximum Gasteiger partial charge on any atom is 0.303 e. The van der Waals surface area contributed by atoms with Gasteiger partial charge in [-0.1, -0.05) is 39.3 Å². The first-order chi connectivity index (χ1) is 11.9. The number of aliphatic hydroxyl groups is 2. The molecule has 4 heteroatoms. The summed E-state index contributed by atoms with van der Waals surface area (Å²) in [4.78, 5) is 11.7. The van der Waals surface area contributed by atoms with Crippen LogP contribution in [0.15, 0.2) is 23.8 Å². The highest BCUT2D eigenvalue weighted by Crippen LogP contribution is 2.57. The second-order valence-corrected chi connectivity index (χ2v) is 9.42. The molecule has 0 amide bonds. The van der Waals surface area contributed by atoms with Gasteiger partial charge < -0.3 is 14.9 Å². The van der Waals surface area contributed by atoms with E-state index in [-0.39, 0.29) is 22.7 Å². The van der Waals surface area contributed by atoms with Crippen LogP contribution >= 0.6 is 0 Å². The maximum absolute atomic E-state index is 11.7. The lowest BCUT2D eigenvalue weighted by atomic mass is 9.53. The Hall–Kier alpha value is -1.13. The van der Waals surface area contributed by atoms with Crippen LogP contribution in [-0.4, -0.2) is 34.0 Å². The minimum Gasteiger partial charge on any atom is -0.459 e. The number of esters is 1. The van der Waals surface area contributed by atoms with E-state index in [9.17, 15) is 15.0 Å². The van der Waals surface area contributed by atoms with Crippen LogP contribution < -0.4 is 0 Å². The van der Waals surface area contributed by atoms with Crippen LogP contribution in [0.2, 0.25) is 0 Å². The molecule has 0 spiro atoms. The van der Waals surface area contributed by atoms with Crippen molar-refractivity contribution in [2.45, 2.75) is 91.5 Å². The summed E-state index contributed by atoms with van der Waals surface area (Å²) >= 11 is 0. The number of carbonyl (C=O) groups excluding carboxylic acids is 1. The third-order valence-electron chi connectivity index (χ3n) is 6.97. The Balaban J connectivity index is 2.53. The number of hydrogen-bond donors (Lipinski definition) is 2. The molecular weight excluding hydrogens is 328 g/mol. The summed E-state index contributed by atoms with van der Waals surface area (Å²) in [6, 6.07) is 0. The van der Waals surface area contributed by atoms with Crippen molar-refractivity contribution in [1.82, 2.24) is 0 Å². The average molecular weight is 365 g/mol. The number of carbonyl (C=O) groups is 1. The summed E-state index contributed by atoms with van der Waals surface area (Å²) in [5.74, 6) is -0.395. The van der Waals surface area contributed by atoms with Gasteiger partial charge in [0.15, 0.2) is 0 Å². The number of hydrogen-bond acceptors (Lipinski definition) is 4. The molecular formula is C22H36O4. The van der Waals surface area contributed by atoms with Gasteiger partial charge in [-0.2, -0.15) is 0 Å². The fourth-order valence-corrected chi connectivity index (χ4v) is 4.98. The van der Waals surface area contributed by atoms with Crippen LogP contribution in [0.1, 0.15) is 73.6 Å². The zero-order valence-corrected chi connectivity index (χ0v) is 17.3. The van der Waals surface area contributed by atoms with Gasteiger partial charge in [-0.05, 0) is 55.4 Å². The van der Waals surface area contributed by atoms with Gasteiger partial charge in [0, 0.05) is 12.8 Å². The summed E-state index contributed by atoms with van der Waals surface area (Å²) in [6.07, 6.45) is 4.68. The molecule has 0 aromatic rings. The van der Waals surface area contributed by atoms with Crippen molar-refractivity contribution in [2.24, 2.45) is 16.7 Å². The number of allylic oxidation sites excluding steroid dienone is 1. The Kier molecular flexibility index (Phi) is 5.80. The van der Waals surface area contributed by atoms with Gasteiger partial charge in [0.1, 0.15) is 12.2 Å². The highest BCUT2D eigenvalue weighted by molar-refractivity contribution is 5.66. The lowest BCUT2D eigenvalue weighted by Crippen LogP contribution is -2.53. The van der Waals surface area contributed by atoms with Crippen LogP contribution in [0.5, 0.6) is 0 Å². The molecule has 0 heterocycles. The van der Waals surface area contributed by atoms with E-state index < -0.39 is 17.8 Å². The molecule has 0 fully saturated rings. The average Bonchev–Trinajstić information content (AvgIpc) is 2.54. The van der Waals surface area contributed by atoms with Gasteiger partial charge in [-0.15, -0.1) is 6.58 Å². The summed E-state index contributed by atoms with van der Waals surface area (Å²) in [6.45, 7) is 15.5. The van der Waals surface area contributed by atoms with Crippen molar-refractivity contribution >= 4 is 5.97 Å². The van der Waals surface area contributed by atoms with Crippen LogP contribution in [0.25, 0.3) is 0 Å². The number of aliphatic hydroxyl groups excluding tert-OH is 1. The van der Waals surface area contributed by atoms with E-state index in [4.69, 9.17) is 4.74 Å². The lowest BCUT2D eigenvalue weighted by molar-refractivity contribution is -0.161. The predicted octanol–water partition coefficient (Wildman–Crippen LogP) is 4.16. The molecule has 0 aromatic carbocycles. The van der Waals surface area contributed by atoms with E-state index in [1.54, 1.807) is 13.0 Å². The van der Waals surface area contributed by atoms with Gasteiger partial charge >= 0.3 is 5.97 Å². The fraction of sp³-hybridized carbons (Fsp3) is 0.773. The fourth-order valence-electron chi connectivity index (χ4n) is 4.98. The van der Waals surface area contributed by atoms with Crippen LogP contribution in [0.3, 0.4) is 0 Å². The molecule has 0 unspecified atom stereocenters. The highest BCUT2D eigenvalue weighted by Gasteiger charge is 2.53. The van der Waals surface area contributed by atoms with Crippen molar-refractivity contribution in [1.29, 1.82) is 0 Å². The van der Waals surface area contributed by atoms with Crippen LogP contribution in [0, 0.1) is 16.7 Å². The summed E-state index contributed by atoms with van der Waals surface area (Å²) < 4.78 is 5.61. The van der Waals surface area contributed by atoms with E-state index in [1.165, 1.54) is 12.5 Å². The zero-order valence-electron chi connectivity index (χ0n) is 17.3. The summed E-state index contributed by atoms with van der Waals surface area (Å²) in [5, 5.41) is 21.6. The monoisotopic (exact) mass is 364 g/mol. The normalized spacial score (nSPS) is 36.1. The van der Waals surface area contributed by atoms with Gasteiger partial charge in [0.25, 0.3) is 0 Å². The van der Waals surface area contributed by atoms with Gasteiger partial charge in [-0.3, -0.25) is 4.79 Å². The minimum atomic E-state index is -0.930. The lowest BCUT2D eigenvalue weighted by Gasteiger charge is -2.54. The van der Waals surface area contributed by atoms with Crippen LogP contribution in [-0.2, 0) is 9.53 Å². The van der Waals surface area contributed by atoms with Crippen molar-refractivity contribution in [3.63, 3.8) is 0 Å². The molecule has 2 rings (SSSR count). The van der Waals surface area contributed by atoms with Crippen molar-refractivity contribution in [3.05, 3.63) is 23.8 Å². The van der Waals surface area contributed by atoms with Crippen molar-refractivity contribution in [2.75, 3.05) is 0 Å². The second kappa shape index (κ2) is 7.12. The third-order valence-corrected chi connectivity index (χ3v) is 6.97. The second-order valence-electron chi connectivity index (χ2n) is 9.42. The van der Waals surface area contributed by atoms with E-state index >= 15 is 0 Å². The molecule has 0 aliphatic heterocycles. The predicted molar refractivity (Wildman–Crippen MR) is 104 cm³/mol. The minimum absolute atomic E-state index is 0.0327. The Morgan fingerprint density at radius 3 is 2.58 bits per heavy atom. The molecule has 0 bridgehead atoms. The van der Waals surface area contributed by atoms with Crippen molar-refractivity contribution < 1.29 is 19.7 Å². The summed E-state index contributed by atoms with van der Waals surface area (Å²) in [7, 11) is 0. The third kappa shape index (κ3) is 3.77. The first kappa shape index (κ1) is 21.2. The maximum atomic E-state index is 11.7. The zero-order chi connectivity index (χ0) is 19.9. The van der Waals surface area contributed by atoms with Gasteiger partial charge in [-0.25, -0.2) is 0 Å².